The molecule has 0 aliphatic carbocycles. The van der Waals surface area contributed by atoms with Crippen LogP contribution in [0.15, 0.2) is 24.5 Å². The minimum absolute atomic E-state index is 0.224. The Labute approximate surface area is 126 Å². The van der Waals surface area contributed by atoms with Crippen molar-refractivity contribution in [3.05, 3.63) is 30.1 Å². The van der Waals surface area contributed by atoms with Crippen LogP contribution in [-0.4, -0.2) is 35.4 Å². The van der Waals surface area contributed by atoms with Crippen LogP contribution in [0, 0.1) is 11.3 Å². The first-order chi connectivity index (χ1) is 9.77. The molecule has 1 aromatic heterocycles. The molecule has 0 saturated carbocycles. The highest BCUT2D eigenvalue weighted by Gasteiger charge is 2.40. The number of carbonyl (C=O) groups excluding carboxylic acids is 2. The first-order valence-corrected chi connectivity index (χ1v) is 7.08. The molecule has 0 aromatic carbocycles. The monoisotopic (exact) mass is 292 g/mol. The molecule has 0 aliphatic rings. The van der Waals surface area contributed by atoms with Crippen molar-refractivity contribution in [3.8, 4) is 0 Å². The fourth-order valence-electron chi connectivity index (χ4n) is 2.11. The Morgan fingerprint density at radius 2 is 1.86 bits per heavy atom. The molecule has 1 rings (SSSR count). The van der Waals surface area contributed by atoms with E-state index in [1.807, 2.05) is 32.9 Å². The zero-order chi connectivity index (χ0) is 16.0. The molecule has 0 N–H and O–H groups in total. The molecule has 0 saturated heterocycles. The summed E-state index contributed by atoms with van der Waals surface area (Å²) in [5.41, 5.74) is 0.480. The number of ether oxygens (including phenoxy) is 1. The van der Waals surface area contributed by atoms with Gasteiger partial charge in [0.25, 0.3) is 0 Å². The molecule has 1 heterocycles. The Morgan fingerprint density at radius 3 is 2.33 bits per heavy atom. The lowest BCUT2D eigenvalue weighted by atomic mass is 9.79. The summed E-state index contributed by atoms with van der Waals surface area (Å²) in [5, 5.41) is 0. The van der Waals surface area contributed by atoms with E-state index >= 15 is 0 Å². The molecule has 1 unspecified atom stereocenters. The number of hydrogen-bond donors (Lipinski definition) is 0. The fraction of sp³-hybridized carbons (Fsp3) is 0.562. The second-order valence-corrected chi connectivity index (χ2v) is 6.10. The van der Waals surface area contributed by atoms with E-state index in [0.29, 0.717) is 6.54 Å². The van der Waals surface area contributed by atoms with Crippen LogP contribution in [0.5, 0.6) is 0 Å². The molecule has 5 nitrogen and oxygen atoms in total. The van der Waals surface area contributed by atoms with Gasteiger partial charge in [-0.25, -0.2) is 0 Å². The maximum atomic E-state index is 12.6. The lowest BCUT2D eigenvalue weighted by Gasteiger charge is -2.31. The zero-order valence-electron chi connectivity index (χ0n) is 13.4. The first-order valence-electron chi connectivity index (χ1n) is 7.08. The van der Waals surface area contributed by atoms with Gasteiger partial charge in [-0.3, -0.25) is 14.6 Å². The van der Waals surface area contributed by atoms with Crippen LogP contribution in [-0.2, 0) is 20.9 Å². The minimum Gasteiger partial charge on any atom is -0.465 e. The fourth-order valence-corrected chi connectivity index (χ4v) is 2.11. The Kier molecular flexibility index (Phi) is 5.88. The number of nitrogens with zero attached hydrogens (tertiary/aromatic N) is 2. The highest BCUT2D eigenvalue weighted by molar-refractivity contribution is 5.98. The Hall–Kier alpha value is -1.91. The quantitative estimate of drug-likeness (QED) is 0.617. The van der Waals surface area contributed by atoms with E-state index in [-0.39, 0.29) is 12.5 Å². The van der Waals surface area contributed by atoms with E-state index in [9.17, 15) is 9.59 Å². The third-order valence-electron chi connectivity index (χ3n) is 3.18. The van der Waals surface area contributed by atoms with Crippen molar-refractivity contribution in [2.24, 2.45) is 11.3 Å². The molecule has 1 amide bonds. The van der Waals surface area contributed by atoms with Crippen LogP contribution in [0.4, 0.5) is 0 Å². The molecule has 0 bridgehead atoms. The normalized spacial score (nSPS) is 12.6. The van der Waals surface area contributed by atoms with E-state index < -0.39 is 17.3 Å². The second kappa shape index (κ2) is 7.20. The number of pyridine rings is 1. The van der Waals surface area contributed by atoms with Crippen molar-refractivity contribution >= 4 is 11.9 Å². The smallest absolute Gasteiger partial charge is 0.319 e. The van der Waals surface area contributed by atoms with Gasteiger partial charge in [-0.2, -0.15) is 0 Å². The molecular weight excluding hydrogens is 268 g/mol. The van der Waals surface area contributed by atoms with Gasteiger partial charge in [-0.1, -0.05) is 20.8 Å². The van der Waals surface area contributed by atoms with Crippen molar-refractivity contribution in [1.82, 2.24) is 9.88 Å². The van der Waals surface area contributed by atoms with Gasteiger partial charge in [-0.05, 0) is 30.0 Å². The van der Waals surface area contributed by atoms with Crippen LogP contribution in [0.25, 0.3) is 0 Å². The predicted octanol–water partition coefficient (Wildman–Crippen LogP) is 2.27. The van der Waals surface area contributed by atoms with Gasteiger partial charge in [-0.15, -0.1) is 0 Å². The van der Waals surface area contributed by atoms with Gasteiger partial charge < -0.3 is 9.64 Å². The third-order valence-corrected chi connectivity index (χ3v) is 3.18. The molecule has 1 aromatic rings. The summed E-state index contributed by atoms with van der Waals surface area (Å²) < 4.78 is 5.06. The minimum atomic E-state index is -0.802. The standard InChI is InChI=1S/C16H24N2O3/c1-6-21-15(20)13(16(2,3)4)14(19)18(5)11-12-7-9-17-10-8-12/h7-10,13H,6,11H2,1-5H3. The predicted molar refractivity (Wildman–Crippen MR) is 80.3 cm³/mol. The van der Waals surface area contributed by atoms with Gasteiger partial charge in [0.2, 0.25) is 5.91 Å². The highest BCUT2D eigenvalue weighted by Crippen LogP contribution is 2.29. The van der Waals surface area contributed by atoms with Crippen LogP contribution in [0.3, 0.4) is 0 Å². The SMILES string of the molecule is CCOC(=O)C(C(=O)N(C)Cc1ccncc1)C(C)(C)C. The highest BCUT2D eigenvalue weighted by atomic mass is 16.5. The van der Waals surface area contributed by atoms with Crippen molar-refractivity contribution < 1.29 is 14.3 Å². The average molecular weight is 292 g/mol. The van der Waals surface area contributed by atoms with Crippen LogP contribution in [0.1, 0.15) is 33.3 Å². The van der Waals surface area contributed by atoms with E-state index in [2.05, 4.69) is 4.98 Å². The van der Waals surface area contributed by atoms with Crippen LogP contribution >= 0.6 is 0 Å². The molecule has 1 atom stereocenters. The van der Waals surface area contributed by atoms with E-state index in [0.717, 1.165) is 5.56 Å². The lowest BCUT2D eigenvalue weighted by Crippen LogP contribution is -2.44. The first kappa shape index (κ1) is 17.1. The summed E-state index contributed by atoms with van der Waals surface area (Å²) in [6.45, 7) is 8.05. The summed E-state index contributed by atoms with van der Waals surface area (Å²) in [6, 6.07) is 3.69. The van der Waals surface area contributed by atoms with E-state index in [1.165, 1.54) is 0 Å². The van der Waals surface area contributed by atoms with Crippen LogP contribution < -0.4 is 0 Å². The molecule has 116 valence electrons. The van der Waals surface area contributed by atoms with Crippen molar-refractivity contribution in [3.63, 3.8) is 0 Å². The Bertz CT molecular complexity index is 480. The number of aromatic nitrogens is 1. The van der Waals surface area contributed by atoms with Crippen molar-refractivity contribution in [2.75, 3.05) is 13.7 Å². The second-order valence-electron chi connectivity index (χ2n) is 6.10. The van der Waals surface area contributed by atoms with Crippen LogP contribution in [0.2, 0.25) is 0 Å². The maximum Gasteiger partial charge on any atom is 0.319 e. The van der Waals surface area contributed by atoms with Gasteiger partial charge >= 0.3 is 5.97 Å². The number of amides is 1. The molecule has 0 spiro atoms. The van der Waals surface area contributed by atoms with Gasteiger partial charge in [0.1, 0.15) is 5.92 Å². The average Bonchev–Trinajstić information content (AvgIpc) is 2.38. The number of esters is 1. The molecule has 21 heavy (non-hydrogen) atoms. The van der Waals surface area contributed by atoms with Gasteiger partial charge in [0.05, 0.1) is 6.61 Å². The molecule has 0 radical (unpaired) electrons. The van der Waals surface area contributed by atoms with E-state index in [1.54, 1.807) is 31.3 Å². The van der Waals surface area contributed by atoms with E-state index in [4.69, 9.17) is 4.74 Å². The Balaban J connectivity index is 2.87. The summed E-state index contributed by atoms with van der Waals surface area (Å²) in [5.74, 6) is -1.49. The Morgan fingerprint density at radius 1 is 1.29 bits per heavy atom. The van der Waals surface area contributed by atoms with Gasteiger partial charge in [0, 0.05) is 26.0 Å². The third kappa shape index (κ3) is 4.85. The summed E-state index contributed by atoms with van der Waals surface area (Å²) in [7, 11) is 1.70. The number of carbonyl (C=O) groups is 2. The van der Waals surface area contributed by atoms with Gasteiger partial charge in [0.15, 0.2) is 0 Å². The van der Waals surface area contributed by atoms with Crippen molar-refractivity contribution in [1.29, 1.82) is 0 Å². The lowest BCUT2D eigenvalue weighted by molar-refractivity contribution is -0.160. The molecule has 5 heteroatoms. The molecular formula is C16H24N2O3. The zero-order valence-corrected chi connectivity index (χ0v) is 13.4. The topological polar surface area (TPSA) is 59.5 Å². The number of rotatable bonds is 5. The maximum absolute atomic E-state index is 12.6. The molecule has 0 fully saturated rings. The largest absolute Gasteiger partial charge is 0.465 e. The molecule has 0 aliphatic heterocycles. The summed E-state index contributed by atoms with van der Waals surface area (Å²) in [4.78, 5) is 30.2. The van der Waals surface area contributed by atoms with Crippen molar-refractivity contribution in [2.45, 2.75) is 34.2 Å². The summed E-state index contributed by atoms with van der Waals surface area (Å²) in [6.07, 6.45) is 3.36. The summed E-state index contributed by atoms with van der Waals surface area (Å²) >= 11 is 0. The number of hydrogen-bond acceptors (Lipinski definition) is 4.